The summed E-state index contributed by atoms with van der Waals surface area (Å²) >= 11 is 0. The van der Waals surface area contributed by atoms with Crippen LogP contribution in [0.5, 0.6) is 5.75 Å². The molecule has 1 atom stereocenters. The summed E-state index contributed by atoms with van der Waals surface area (Å²) in [7, 11) is -2.35. The third-order valence-corrected chi connectivity index (χ3v) is 5.94. The largest absolute Gasteiger partial charge is 0.488 e. The Kier molecular flexibility index (Phi) is 5.90. The molecule has 0 saturated carbocycles. The van der Waals surface area contributed by atoms with Crippen LogP contribution < -0.4 is 9.46 Å². The molecule has 1 N–H and O–H groups in total. The maximum Gasteiger partial charge on any atom is 0.419 e. The van der Waals surface area contributed by atoms with Gasteiger partial charge in [0.25, 0.3) is 15.7 Å². The fourth-order valence-electron chi connectivity index (χ4n) is 3.05. The molecule has 1 saturated heterocycles. The number of anilines is 1. The fraction of sp³-hybridized carbons (Fsp3) is 0.333. The van der Waals surface area contributed by atoms with E-state index in [-0.39, 0.29) is 16.3 Å². The van der Waals surface area contributed by atoms with Gasteiger partial charge in [0.2, 0.25) is 0 Å². The number of hydrogen-bond acceptors (Lipinski definition) is 6. The molecule has 0 unspecified atom stereocenters. The lowest BCUT2D eigenvalue weighted by atomic mass is 10.1. The van der Waals surface area contributed by atoms with Crippen LogP contribution in [0.2, 0.25) is 0 Å². The zero-order valence-corrected chi connectivity index (χ0v) is 16.5. The van der Waals surface area contributed by atoms with Crippen LogP contribution in [0.3, 0.4) is 0 Å². The van der Waals surface area contributed by atoms with E-state index in [1.807, 2.05) is 11.9 Å². The predicted octanol–water partition coefficient (Wildman–Crippen LogP) is 3.50. The molecule has 2 aromatic rings. The molecular weight excluding hydrogens is 427 g/mol. The summed E-state index contributed by atoms with van der Waals surface area (Å²) in [6.07, 6.45) is -4.57. The summed E-state index contributed by atoms with van der Waals surface area (Å²) in [6, 6.07) is 6.84. The zero-order valence-electron chi connectivity index (χ0n) is 15.7. The van der Waals surface area contributed by atoms with Crippen LogP contribution in [0.1, 0.15) is 12.0 Å². The number of nitro benzene ring substituents is 1. The zero-order chi connectivity index (χ0) is 22.1. The molecule has 0 aliphatic carbocycles. The number of halogens is 3. The van der Waals surface area contributed by atoms with E-state index in [9.17, 15) is 31.7 Å². The predicted molar refractivity (Wildman–Crippen MR) is 102 cm³/mol. The van der Waals surface area contributed by atoms with E-state index in [0.717, 1.165) is 42.5 Å². The van der Waals surface area contributed by atoms with Crippen LogP contribution in [-0.4, -0.2) is 44.5 Å². The van der Waals surface area contributed by atoms with E-state index in [1.165, 1.54) is 0 Å². The smallest absolute Gasteiger partial charge is 0.419 e. The van der Waals surface area contributed by atoms with Gasteiger partial charge in [0.05, 0.1) is 21.1 Å². The monoisotopic (exact) mass is 445 g/mol. The lowest BCUT2D eigenvalue weighted by Gasteiger charge is -2.19. The van der Waals surface area contributed by atoms with Crippen LogP contribution in [0.25, 0.3) is 0 Å². The van der Waals surface area contributed by atoms with Crippen molar-refractivity contribution in [2.45, 2.75) is 23.6 Å². The molecule has 3 rings (SSSR count). The first-order valence-electron chi connectivity index (χ1n) is 8.79. The summed E-state index contributed by atoms with van der Waals surface area (Å²) in [5.74, 6) is -0.466. The van der Waals surface area contributed by atoms with Crippen molar-refractivity contribution in [1.29, 1.82) is 0 Å². The lowest BCUT2D eigenvalue weighted by Crippen LogP contribution is -2.23. The minimum Gasteiger partial charge on any atom is -0.488 e. The van der Waals surface area contributed by atoms with Gasteiger partial charge in [-0.05, 0) is 37.7 Å². The highest BCUT2D eigenvalue weighted by molar-refractivity contribution is 7.92. The number of non-ortho nitro benzene ring substituents is 1. The van der Waals surface area contributed by atoms with Crippen molar-refractivity contribution in [3.63, 3.8) is 0 Å². The Bertz CT molecular complexity index is 1040. The maximum absolute atomic E-state index is 13.4. The lowest BCUT2D eigenvalue weighted by molar-refractivity contribution is -0.384. The number of sulfonamides is 1. The van der Waals surface area contributed by atoms with Crippen molar-refractivity contribution < 1.29 is 31.2 Å². The van der Waals surface area contributed by atoms with Gasteiger partial charge in [0.15, 0.2) is 0 Å². The van der Waals surface area contributed by atoms with Crippen molar-refractivity contribution in [3.8, 4) is 5.75 Å². The first-order valence-corrected chi connectivity index (χ1v) is 10.3. The molecule has 1 aliphatic heterocycles. The average Bonchev–Trinajstić information content (AvgIpc) is 3.05. The minimum absolute atomic E-state index is 0.122. The second-order valence-electron chi connectivity index (χ2n) is 6.86. The van der Waals surface area contributed by atoms with Crippen LogP contribution >= 0.6 is 0 Å². The van der Waals surface area contributed by atoms with Crippen LogP contribution in [0, 0.1) is 10.1 Å². The number of rotatable bonds is 6. The third kappa shape index (κ3) is 5.00. The number of alkyl halides is 3. The van der Waals surface area contributed by atoms with Gasteiger partial charge >= 0.3 is 6.18 Å². The number of nitrogens with one attached hydrogen (secondary N) is 1. The number of hydrogen-bond donors (Lipinski definition) is 1. The van der Waals surface area contributed by atoms with Crippen molar-refractivity contribution in [2.24, 2.45) is 0 Å². The van der Waals surface area contributed by atoms with Crippen LogP contribution in [0.15, 0.2) is 47.4 Å². The molecule has 0 bridgehead atoms. The molecule has 0 radical (unpaired) electrons. The molecule has 1 aliphatic rings. The highest BCUT2D eigenvalue weighted by Gasteiger charge is 2.36. The first kappa shape index (κ1) is 21.8. The van der Waals surface area contributed by atoms with Crippen molar-refractivity contribution >= 4 is 21.4 Å². The maximum atomic E-state index is 13.4. The van der Waals surface area contributed by atoms with Gasteiger partial charge in [-0.2, -0.15) is 13.2 Å². The van der Waals surface area contributed by atoms with Crippen LogP contribution in [-0.2, 0) is 16.2 Å². The molecule has 162 valence electrons. The normalized spacial score (nSPS) is 17.7. The Morgan fingerprint density at radius 1 is 1.20 bits per heavy atom. The van der Waals surface area contributed by atoms with Gasteiger partial charge < -0.3 is 9.64 Å². The summed E-state index contributed by atoms with van der Waals surface area (Å²) in [5.41, 5.74) is -1.42. The van der Waals surface area contributed by atoms with Gasteiger partial charge in [-0.3, -0.25) is 14.8 Å². The third-order valence-electron chi connectivity index (χ3n) is 4.54. The van der Waals surface area contributed by atoms with Crippen molar-refractivity contribution in [3.05, 3.63) is 58.1 Å². The van der Waals surface area contributed by atoms with Crippen molar-refractivity contribution in [1.82, 2.24) is 4.90 Å². The molecule has 1 fully saturated rings. The Hall–Kier alpha value is -2.86. The number of nitrogens with zero attached hydrogens (tertiary/aromatic N) is 2. The Morgan fingerprint density at radius 2 is 1.87 bits per heavy atom. The highest BCUT2D eigenvalue weighted by atomic mass is 32.2. The van der Waals surface area contributed by atoms with E-state index in [0.29, 0.717) is 19.5 Å². The highest BCUT2D eigenvalue weighted by Crippen LogP contribution is 2.39. The minimum atomic E-state index is -4.67. The average molecular weight is 445 g/mol. The molecular formula is C18H18F3N3O5S. The molecule has 0 aromatic heterocycles. The molecule has 1 heterocycles. The SMILES string of the molecule is CN1CC[C@@H](Oc2cc(NS(=O)(=O)c3ccc([N+](=O)[O-])cc3)ccc2C(F)(F)F)C1. The summed E-state index contributed by atoms with van der Waals surface area (Å²) in [6.45, 7) is 1.13. The van der Waals surface area contributed by atoms with Crippen LogP contribution in [0.4, 0.5) is 24.5 Å². The fourth-order valence-corrected chi connectivity index (χ4v) is 4.10. The number of ether oxygens (including phenoxy) is 1. The van der Waals surface area contributed by atoms with Gasteiger partial charge in [-0.25, -0.2) is 8.42 Å². The Morgan fingerprint density at radius 3 is 2.40 bits per heavy atom. The van der Waals surface area contributed by atoms with E-state index >= 15 is 0 Å². The van der Waals surface area contributed by atoms with Gasteiger partial charge in [0.1, 0.15) is 11.9 Å². The van der Waals surface area contributed by atoms with Gasteiger partial charge in [-0.15, -0.1) is 0 Å². The quantitative estimate of drug-likeness (QED) is 0.540. The van der Waals surface area contributed by atoms with E-state index in [1.54, 1.807) is 0 Å². The standard InChI is InChI=1S/C18H18F3N3O5S/c1-23-9-8-14(11-23)29-17-10-12(2-7-16(17)18(19,20)21)22-30(27,28)15-5-3-13(4-6-15)24(25)26/h2-7,10,14,22H,8-9,11H2,1H3/t14-/m1/s1. The second-order valence-corrected chi connectivity index (χ2v) is 8.54. The molecule has 0 spiro atoms. The summed E-state index contributed by atoms with van der Waals surface area (Å²) < 4.78 is 72.8. The Labute approximate surface area is 170 Å². The van der Waals surface area contributed by atoms with E-state index < -0.39 is 38.5 Å². The second kappa shape index (κ2) is 8.11. The Balaban J connectivity index is 1.88. The molecule has 12 heteroatoms. The van der Waals surface area contributed by atoms with E-state index in [2.05, 4.69) is 4.72 Å². The molecule has 8 nitrogen and oxygen atoms in total. The van der Waals surface area contributed by atoms with Gasteiger partial charge in [-0.1, -0.05) is 0 Å². The first-order chi connectivity index (χ1) is 14.0. The molecule has 30 heavy (non-hydrogen) atoms. The number of nitro groups is 1. The number of likely N-dealkylation sites (N-methyl/N-ethyl adjacent to an activating group) is 1. The summed E-state index contributed by atoms with van der Waals surface area (Å²) in [4.78, 5) is 11.7. The summed E-state index contributed by atoms with van der Waals surface area (Å²) in [5, 5.41) is 10.7. The topological polar surface area (TPSA) is 102 Å². The number of likely N-dealkylation sites (tertiary alicyclic amines) is 1. The number of benzene rings is 2. The molecule has 2 aromatic carbocycles. The van der Waals surface area contributed by atoms with E-state index in [4.69, 9.17) is 4.74 Å². The van der Waals surface area contributed by atoms with Crippen molar-refractivity contribution in [2.75, 3.05) is 24.9 Å². The molecule has 0 amide bonds. The van der Waals surface area contributed by atoms with Gasteiger partial charge in [0, 0.05) is 31.3 Å².